The van der Waals surface area contributed by atoms with E-state index in [1.165, 1.54) is 0 Å². The number of fused-ring (bicyclic) bond motifs is 1. The molecule has 0 atom stereocenters. The van der Waals surface area contributed by atoms with Crippen LogP contribution in [0.25, 0.3) is 5.65 Å². The molecule has 0 spiro atoms. The zero-order chi connectivity index (χ0) is 8.55. The molecule has 0 fully saturated rings. The number of nitrogens with two attached hydrogens (primary N) is 1. The lowest BCUT2D eigenvalue weighted by molar-refractivity contribution is 0.922. The van der Waals surface area contributed by atoms with E-state index in [1.54, 1.807) is 0 Å². The van der Waals surface area contributed by atoms with E-state index in [0.29, 0.717) is 11.3 Å². The molecular formula is C7H7BrN4. The van der Waals surface area contributed by atoms with Crippen molar-refractivity contribution in [2.75, 3.05) is 0 Å². The molecule has 0 amide bonds. The van der Waals surface area contributed by atoms with Gasteiger partial charge in [0, 0.05) is 12.2 Å². The minimum atomic E-state index is 0.480. The van der Waals surface area contributed by atoms with Crippen LogP contribution in [0.3, 0.4) is 0 Å². The normalized spacial score (nSPS) is 10.8. The number of halogens is 1. The summed E-state index contributed by atoms with van der Waals surface area (Å²) in [6, 6.07) is 5.75. The Morgan fingerprint density at radius 1 is 1.42 bits per heavy atom. The standard InChI is InChI=1S/C7H7BrN4/c8-7-11-10-6-3-1-2-5(4-9)12(6)7/h1-3H,4,9H2. The molecule has 2 rings (SSSR count). The van der Waals surface area contributed by atoms with Crippen molar-refractivity contribution < 1.29 is 0 Å². The second-order valence-corrected chi connectivity index (χ2v) is 3.09. The predicted molar refractivity (Wildman–Crippen MR) is 48.6 cm³/mol. The van der Waals surface area contributed by atoms with Crippen LogP contribution in [-0.2, 0) is 6.54 Å². The van der Waals surface area contributed by atoms with Crippen LogP contribution in [0.1, 0.15) is 5.69 Å². The molecule has 2 aromatic rings. The molecule has 5 heteroatoms. The van der Waals surface area contributed by atoms with Gasteiger partial charge in [-0.25, -0.2) is 0 Å². The van der Waals surface area contributed by atoms with E-state index < -0.39 is 0 Å². The van der Waals surface area contributed by atoms with Crippen LogP contribution < -0.4 is 5.73 Å². The van der Waals surface area contributed by atoms with Crippen LogP contribution in [0.5, 0.6) is 0 Å². The third-order valence-corrected chi connectivity index (χ3v) is 2.19. The van der Waals surface area contributed by atoms with Gasteiger partial charge in [-0.2, -0.15) is 0 Å². The SMILES string of the molecule is NCc1cccc2nnc(Br)n12. The number of rotatable bonds is 1. The average molecular weight is 227 g/mol. The van der Waals surface area contributed by atoms with Crippen LogP contribution in [0.4, 0.5) is 0 Å². The zero-order valence-corrected chi connectivity index (χ0v) is 7.82. The lowest BCUT2D eigenvalue weighted by atomic mass is 10.3. The lowest BCUT2D eigenvalue weighted by Gasteiger charge is -2.00. The van der Waals surface area contributed by atoms with Crippen molar-refractivity contribution in [1.29, 1.82) is 0 Å². The number of aromatic nitrogens is 3. The van der Waals surface area contributed by atoms with E-state index in [2.05, 4.69) is 26.1 Å². The van der Waals surface area contributed by atoms with E-state index in [9.17, 15) is 0 Å². The van der Waals surface area contributed by atoms with Crippen molar-refractivity contribution in [3.8, 4) is 0 Å². The van der Waals surface area contributed by atoms with Gasteiger partial charge >= 0.3 is 0 Å². The second-order valence-electron chi connectivity index (χ2n) is 2.38. The van der Waals surface area contributed by atoms with Gasteiger partial charge < -0.3 is 5.73 Å². The minimum Gasteiger partial charge on any atom is -0.325 e. The Morgan fingerprint density at radius 3 is 3.00 bits per heavy atom. The quantitative estimate of drug-likeness (QED) is 0.788. The molecular weight excluding hydrogens is 220 g/mol. The predicted octanol–water partition coefficient (Wildman–Crippen LogP) is 0.950. The summed E-state index contributed by atoms with van der Waals surface area (Å²) in [4.78, 5) is 0. The van der Waals surface area contributed by atoms with E-state index >= 15 is 0 Å². The average Bonchev–Trinajstić information content (AvgIpc) is 2.48. The van der Waals surface area contributed by atoms with Crippen molar-refractivity contribution in [3.05, 3.63) is 28.6 Å². The number of pyridine rings is 1. The summed E-state index contributed by atoms with van der Waals surface area (Å²) in [5, 5.41) is 7.82. The van der Waals surface area contributed by atoms with Crippen molar-refractivity contribution in [2.45, 2.75) is 6.54 Å². The zero-order valence-electron chi connectivity index (χ0n) is 6.24. The van der Waals surface area contributed by atoms with Gasteiger partial charge in [-0.05, 0) is 28.1 Å². The maximum atomic E-state index is 5.55. The Kier molecular flexibility index (Phi) is 1.82. The molecule has 0 radical (unpaired) electrons. The van der Waals surface area contributed by atoms with Gasteiger partial charge in [0.15, 0.2) is 5.65 Å². The molecule has 0 aliphatic rings. The Labute approximate surface area is 77.5 Å². The van der Waals surface area contributed by atoms with Gasteiger partial charge in [0.1, 0.15) is 0 Å². The maximum Gasteiger partial charge on any atom is 0.204 e. The van der Waals surface area contributed by atoms with Gasteiger partial charge in [0.05, 0.1) is 0 Å². The lowest BCUT2D eigenvalue weighted by Crippen LogP contribution is -2.03. The van der Waals surface area contributed by atoms with E-state index in [0.717, 1.165) is 11.3 Å². The molecule has 0 saturated carbocycles. The van der Waals surface area contributed by atoms with Crippen molar-refractivity contribution in [3.63, 3.8) is 0 Å². The first-order valence-electron chi connectivity index (χ1n) is 3.51. The first-order chi connectivity index (χ1) is 5.83. The van der Waals surface area contributed by atoms with Crippen LogP contribution in [0, 0.1) is 0 Å². The molecule has 12 heavy (non-hydrogen) atoms. The summed E-state index contributed by atoms with van der Waals surface area (Å²) in [5.41, 5.74) is 7.35. The highest BCUT2D eigenvalue weighted by Gasteiger charge is 2.04. The Hall–Kier alpha value is -0.940. The molecule has 0 unspecified atom stereocenters. The smallest absolute Gasteiger partial charge is 0.204 e. The van der Waals surface area contributed by atoms with Crippen molar-refractivity contribution in [2.24, 2.45) is 5.73 Å². The molecule has 2 N–H and O–H groups in total. The van der Waals surface area contributed by atoms with Gasteiger partial charge in [-0.3, -0.25) is 4.40 Å². The molecule has 4 nitrogen and oxygen atoms in total. The summed E-state index contributed by atoms with van der Waals surface area (Å²) >= 11 is 3.29. The van der Waals surface area contributed by atoms with Gasteiger partial charge in [-0.15, -0.1) is 10.2 Å². The highest BCUT2D eigenvalue weighted by Crippen LogP contribution is 2.12. The molecule has 2 heterocycles. The fraction of sp³-hybridized carbons (Fsp3) is 0.143. The summed E-state index contributed by atoms with van der Waals surface area (Å²) < 4.78 is 2.57. The van der Waals surface area contributed by atoms with Gasteiger partial charge in [0.2, 0.25) is 4.73 Å². The molecule has 0 bridgehead atoms. The highest BCUT2D eigenvalue weighted by atomic mass is 79.9. The topological polar surface area (TPSA) is 56.2 Å². The Morgan fingerprint density at radius 2 is 2.25 bits per heavy atom. The number of hydrogen-bond acceptors (Lipinski definition) is 3. The fourth-order valence-corrected chi connectivity index (χ4v) is 1.62. The van der Waals surface area contributed by atoms with E-state index in [1.807, 2.05) is 22.6 Å². The van der Waals surface area contributed by atoms with E-state index in [-0.39, 0.29) is 0 Å². The van der Waals surface area contributed by atoms with E-state index in [4.69, 9.17) is 5.73 Å². The van der Waals surface area contributed by atoms with Gasteiger partial charge in [-0.1, -0.05) is 6.07 Å². The molecule has 62 valence electrons. The minimum absolute atomic E-state index is 0.480. The third kappa shape index (κ3) is 1.02. The molecule has 0 aliphatic heterocycles. The molecule has 0 aliphatic carbocycles. The van der Waals surface area contributed by atoms with Crippen LogP contribution in [-0.4, -0.2) is 14.6 Å². The van der Waals surface area contributed by atoms with Crippen LogP contribution >= 0.6 is 15.9 Å². The first kappa shape index (κ1) is 7.70. The van der Waals surface area contributed by atoms with Crippen LogP contribution in [0.2, 0.25) is 0 Å². The second kappa shape index (κ2) is 2.84. The maximum absolute atomic E-state index is 5.55. The summed E-state index contributed by atoms with van der Waals surface area (Å²) in [5.74, 6) is 0. The molecule has 0 aromatic carbocycles. The summed E-state index contributed by atoms with van der Waals surface area (Å²) in [6.07, 6.45) is 0. The van der Waals surface area contributed by atoms with Crippen LogP contribution in [0.15, 0.2) is 22.9 Å². The molecule has 0 saturated heterocycles. The van der Waals surface area contributed by atoms with Gasteiger partial charge in [0.25, 0.3) is 0 Å². The Balaban J connectivity index is 2.84. The number of nitrogens with zero attached hydrogens (tertiary/aromatic N) is 3. The summed E-state index contributed by atoms with van der Waals surface area (Å²) in [6.45, 7) is 0.480. The summed E-state index contributed by atoms with van der Waals surface area (Å²) in [7, 11) is 0. The van der Waals surface area contributed by atoms with Crippen molar-refractivity contribution >= 4 is 21.6 Å². The number of hydrogen-bond donors (Lipinski definition) is 1. The molecule has 2 aromatic heterocycles. The first-order valence-corrected chi connectivity index (χ1v) is 4.31. The monoisotopic (exact) mass is 226 g/mol. The fourth-order valence-electron chi connectivity index (χ4n) is 1.13. The highest BCUT2D eigenvalue weighted by molar-refractivity contribution is 9.10. The van der Waals surface area contributed by atoms with Crippen molar-refractivity contribution in [1.82, 2.24) is 14.6 Å². The Bertz CT molecular complexity index is 409. The third-order valence-electron chi connectivity index (χ3n) is 1.68. The largest absolute Gasteiger partial charge is 0.325 e.